The van der Waals surface area contributed by atoms with Crippen LogP contribution in [0.5, 0.6) is 0 Å². The van der Waals surface area contributed by atoms with E-state index < -0.39 is 0 Å². The normalized spacial score (nSPS) is 20.8. The SMILES string of the molecule is Cc1sc2nc(C(C)C)n([C@H]3CCCN(CC(=O)NC4CC4)C3)c(=O)c2c1C. The molecule has 7 heteroatoms. The Balaban J connectivity index is 1.65. The van der Waals surface area contributed by atoms with Crippen molar-refractivity contribution in [1.82, 2.24) is 19.8 Å². The van der Waals surface area contributed by atoms with Crippen molar-refractivity contribution in [2.45, 2.75) is 71.4 Å². The van der Waals surface area contributed by atoms with Gasteiger partial charge in [0.25, 0.3) is 5.56 Å². The van der Waals surface area contributed by atoms with Gasteiger partial charge in [-0.1, -0.05) is 13.8 Å². The van der Waals surface area contributed by atoms with E-state index in [1.54, 1.807) is 11.3 Å². The van der Waals surface area contributed by atoms with Crippen LogP contribution >= 0.6 is 11.3 Å². The summed E-state index contributed by atoms with van der Waals surface area (Å²) in [6.45, 7) is 10.3. The summed E-state index contributed by atoms with van der Waals surface area (Å²) in [6, 6.07) is 0.462. The zero-order valence-corrected chi connectivity index (χ0v) is 18.1. The number of carbonyl (C=O) groups is 1. The predicted octanol–water partition coefficient (Wildman–Crippen LogP) is 3.11. The molecule has 1 saturated carbocycles. The van der Waals surface area contributed by atoms with E-state index in [1.807, 2.05) is 11.5 Å². The van der Waals surface area contributed by atoms with Crippen LogP contribution in [0, 0.1) is 13.8 Å². The summed E-state index contributed by atoms with van der Waals surface area (Å²) in [5.74, 6) is 1.15. The van der Waals surface area contributed by atoms with E-state index in [4.69, 9.17) is 4.98 Å². The van der Waals surface area contributed by atoms with Gasteiger partial charge in [0.1, 0.15) is 10.7 Å². The summed E-state index contributed by atoms with van der Waals surface area (Å²) in [5.41, 5.74) is 1.14. The van der Waals surface area contributed by atoms with Crippen molar-refractivity contribution in [3.63, 3.8) is 0 Å². The van der Waals surface area contributed by atoms with Gasteiger partial charge in [-0.2, -0.15) is 0 Å². The van der Waals surface area contributed by atoms with E-state index in [1.165, 1.54) is 0 Å². The van der Waals surface area contributed by atoms with Crippen LogP contribution in [0.25, 0.3) is 10.2 Å². The van der Waals surface area contributed by atoms with E-state index in [0.29, 0.717) is 12.6 Å². The maximum atomic E-state index is 13.5. The number of aryl methyl sites for hydroxylation is 2. The third-order valence-corrected chi connectivity index (χ3v) is 7.04. The van der Waals surface area contributed by atoms with Crippen LogP contribution in [-0.4, -0.2) is 46.0 Å². The van der Waals surface area contributed by atoms with Gasteiger partial charge >= 0.3 is 0 Å². The lowest BCUT2D eigenvalue weighted by Crippen LogP contribution is -2.45. The predicted molar refractivity (Wildman–Crippen MR) is 113 cm³/mol. The molecule has 1 N–H and O–H groups in total. The minimum absolute atomic E-state index is 0.0730. The number of thiophene rings is 1. The van der Waals surface area contributed by atoms with E-state index in [-0.39, 0.29) is 23.4 Å². The Hall–Kier alpha value is -1.73. The van der Waals surface area contributed by atoms with E-state index in [2.05, 4.69) is 31.0 Å². The summed E-state index contributed by atoms with van der Waals surface area (Å²) in [4.78, 5) is 34.9. The maximum absolute atomic E-state index is 13.5. The monoisotopic (exact) mass is 402 g/mol. The van der Waals surface area contributed by atoms with Crippen LogP contribution in [0.4, 0.5) is 0 Å². The number of fused-ring (bicyclic) bond motifs is 1. The van der Waals surface area contributed by atoms with Crippen LogP contribution in [0.3, 0.4) is 0 Å². The fraction of sp³-hybridized carbons (Fsp3) is 0.667. The number of carbonyl (C=O) groups excluding carboxylic acids is 1. The average Bonchev–Trinajstić information content (AvgIpc) is 3.39. The van der Waals surface area contributed by atoms with Crippen LogP contribution in [0.2, 0.25) is 0 Å². The molecular weight excluding hydrogens is 372 g/mol. The quantitative estimate of drug-likeness (QED) is 0.834. The highest BCUT2D eigenvalue weighted by Crippen LogP contribution is 2.30. The molecule has 0 bridgehead atoms. The third-order valence-electron chi connectivity index (χ3n) is 5.93. The molecule has 3 heterocycles. The Morgan fingerprint density at radius 3 is 2.71 bits per heavy atom. The summed E-state index contributed by atoms with van der Waals surface area (Å²) in [6.07, 6.45) is 4.15. The number of aromatic nitrogens is 2. The Morgan fingerprint density at radius 2 is 2.04 bits per heavy atom. The fourth-order valence-corrected chi connectivity index (χ4v) is 5.20. The lowest BCUT2D eigenvalue weighted by molar-refractivity contribution is -0.122. The summed E-state index contributed by atoms with van der Waals surface area (Å²) < 4.78 is 1.94. The number of hydrogen-bond acceptors (Lipinski definition) is 5. The van der Waals surface area contributed by atoms with Gasteiger partial charge in [0, 0.05) is 23.4 Å². The van der Waals surface area contributed by atoms with Gasteiger partial charge < -0.3 is 5.32 Å². The van der Waals surface area contributed by atoms with Crippen molar-refractivity contribution in [2.75, 3.05) is 19.6 Å². The fourth-order valence-electron chi connectivity index (χ4n) is 4.17. The molecule has 28 heavy (non-hydrogen) atoms. The average molecular weight is 403 g/mol. The van der Waals surface area contributed by atoms with Crippen molar-refractivity contribution in [3.8, 4) is 0 Å². The van der Waals surface area contributed by atoms with Crippen molar-refractivity contribution in [2.24, 2.45) is 0 Å². The largest absolute Gasteiger partial charge is 0.352 e. The Labute approximate surface area is 169 Å². The van der Waals surface area contributed by atoms with Gasteiger partial charge in [0.2, 0.25) is 5.91 Å². The zero-order valence-electron chi connectivity index (χ0n) is 17.2. The Morgan fingerprint density at radius 1 is 1.29 bits per heavy atom. The molecule has 2 aliphatic rings. The molecule has 0 unspecified atom stereocenters. The van der Waals surface area contributed by atoms with Crippen molar-refractivity contribution in [3.05, 3.63) is 26.6 Å². The number of rotatable bonds is 5. The molecule has 1 saturated heterocycles. The molecule has 1 aliphatic heterocycles. The molecular formula is C21H30N4O2S. The van der Waals surface area contributed by atoms with Crippen molar-refractivity contribution < 1.29 is 4.79 Å². The molecule has 1 atom stereocenters. The third kappa shape index (κ3) is 3.74. The molecule has 0 spiro atoms. The molecule has 6 nitrogen and oxygen atoms in total. The van der Waals surface area contributed by atoms with Crippen molar-refractivity contribution >= 4 is 27.5 Å². The number of amides is 1. The lowest BCUT2D eigenvalue weighted by atomic mass is 10.0. The Bertz CT molecular complexity index is 957. The molecule has 1 aliphatic carbocycles. The molecule has 152 valence electrons. The van der Waals surface area contributed by atoms with Crippen LogP contribution in [0.1, 0.15) is 67.8 Å². The molecule has 1 amide bonds. The molecule has 0 radical (unpaired) electrons. The first-order valence-electron chi connectivity index (χ1n) is 10.4. The number of likely N-dealkylation sites (tertiary alicyclic amines) is 1. The standard InChI is InChI=1S/C21H30N4O2S/c1-12(2)19-23-20-18(13(3)14(4)28-20)21(27)25(19)16-6-5-9-24(10-16)11-17(26)22-15-7-8-15/h12,15-16H,5-11H2,1-4H3,(H,22,26)/t16-/m0/s1. The van der Waals surface area contributed by atoms with E-state index in [9.17, 15) is 9.59 Å². The highest BCUT2D eigenvalue weighted by Gasteiger charge is 2.29. The summed E-state index contributed by atoms with van der Waals surface area (Å²) >= 11 is 1.61. The smallest absolute Gasteiger partial charge is 0.262 e. The molecule has 2 aromatic rings. The summed E-state index contributed by atoms with van der Waals surface area (Å²) in [7, 11) is 0. The van der Waals surface area contributed by atoms with Gasteiger partial charge in [-0.15, -0.1) is 11.3 Å². The molecule has 4 rings (SSSR count). The first kappa shape index (κ1) is 19.6. The minimum Gasteiger partial charge on any atom is -0.352 e. The van der Waals surface area contributed by atoms with Crippen LogP contribution in [0.15, 0.2) is 4.79 Å². The second-order valence-corrected chi connectivity index (χ2v) is 9.84. The van der Waals surface area contributed by atoms with Crippen molar-refractivity contribution in [1.29, 1.82) is 0 Å². The minimum atomic E-state index is 0.0730. The second-order valence-electron chi connectivity index (χ2n) is 8.64. The number of hydrogen-bond donors (Lipinski definition) is 1. The summed E-state index contributed by atoms with van der Waals surface area (Å²) in [5, 5.41) is 3.84. The van der Waals surface area contributed by atoms with Gasteiger partial charge in [-0.05, 0) is 51.6 Å². The molecule has 0 aromatic carbocycles. The zero-order chi connectivity index (χ0) is 20.0. The van der Waals surface area contributed by atoms with Gasteiger partial charge in [0.15, 0.2) is 0 Å². The van der Waals surface area contributed by atoms with E-state index >= 15 is 0 Å². The van der Waals surface area contributed by atoms with E-state index in [0.717, 1.165) is 65.3 Å². The molecule has 2 aromatic heterocycles. The highest BCUT2D eigenvalue weighted by atomic mass is 32.1. The highest BCUT2D eigenvalue weighted by molar-refractivity contribution is 7.18. The number of nitrogens with zero attached hydrogens (tertiary/aromatic N) is 3. The maximum Gasteiger partial charge on any atom is 0.262 e. The van der Waals surface area contributed by atoms with Crippen LogP contribution in [-0.2, 0) is 4.79 Å². The first-order chi connectivity index (χ1) is 13.3. The molecule has 2 fully saturated rings. The number of piperidine rings is 1. The second kappa shape index (κ2) is 7.59. The topological polar surface area (TPSA) is 67.2 Å². The number of nitrogens with one attached hydrogen (secondary N) is 1. The Kier molecular flexibility index (Phi) is 5.31. The first-order valence-corrected chi connectivity index (χ1v) is 11.2. The van der Waals surface area contributed by atoms with Gasteiger partial charge in [-0.25, -0.2) is 4.98 Å². The van der Waals surface area contributed by atoms with Gasteiger partial charge in [-0.3, -0.25) is 19.1 Å². The van der Waals surface area contributed by atoms with Gasteiger partial charge in [0.05, 0.1) is 18.0 Å². The lowest BCUT2D eigenvalue weighted by Gasteiger charge is -2.34. The van der Waals surface area contributed by atoms with Crippen LogP contribution < -0.4 is 10.9 Å².